The highest BCUT2D eigenvalue weighted by Gasteiger charge is 2.71. The van der Waals surface area contributed by atoms with E-state index in [-0.39, 0.29) is 29.5 Å². The average Bonchev–Trinajstić information content (AvgIpc) is 3.38. The third-order valence-electron chi connectivity index (χ3n) is 7.61. The zero-order valence-electron chi connectivity index (χ0n) is 23.2. The molecule has 0 bridgehead atoms. The van der Waals surface area contributed by atoms with Crippen LogP contribution in [0.3, 0.4) is 0 Å². The number of Topliss-reactive ketones (excluding diaryl/α,β-unsaturated/α-hetero) is 1. The van der Waals surface area contributed by atoms with Gasteiger partial charge < -0.3 is 14.2 Å². The minimum Gasteiger partial charge on any atom is -0.456 e. The Labute approximate surface area is 211 Å². The molecule has 3 heterocycles. The van der Waals surface area contributed by atoms with Crippen LogP contribution in [0.2, 0.25) is 0 Å². The van der Waals surface area contributed by atoms with Crippen LogP contribution in [0.25, 0.3) is 0 Å². The summed E-state index contributed by atoms with van der Waals surface area (Å²) in [6.07, 6.45) is 10.2. The lowest BCUT2D eigenvalue weighted by molar-refractivity contribution is -0.174. The molecular weight excluding hydrogens is 440 g/mol. The number of epoxide rings is 1. The highest BCUT2D eigenvalue weighted by Crippen LogP contribution is 2.55. The Hall–Kier alpha value is -2.24. The van der Waals surface area contributed by atoms with Gasteiger partial charge in [-0.2, -0.15) is 0 Å². The number of allylic oxidation sites excluding steroid dienone is 8. The molecule has 5 heteroatoms. The quantitative estimate of drug-likeness (QED) is 0.195. The van der Waals surface area contributed by atoms with Crippen molar-refractivity contribution in [1.82, 2.24) is 0 Å². The lowest BCUT2D eigenvalue weighted by Gasteiger charge is -2.36. The zero-order valence-corrected chi connectivity index (χ0v) is 23.2. The normalized spacial score (nSPS) is 38.4. The summed E-state index contributed by atoms with van der Waals surface area (Å²) in [5, 5.41) is 0. The van der Waals surface area contributed by atoms with E-state index in [1.807, 2.05) is 26.8 Å². The van der Waals surface area contributed by atoms with E-state index >= 15 is 0 Å². The van der Waals surface area contributed by atoms with Crippen molar-refractivity contribution in [3.05, 3.63) is 58.2 Å². The molecule has 0 radical (unpaired) electrons. The van der Waals surface area contributed by atoms with Gasteiger partial charge in [-0.05, 0) is 80.9 Å². The van der Waals surface area contributed by atoms with E-state index in [0.29, 0.717) is 0 Å². The van der Waals surface area contributed by atoms with Crippen LogP contribution in [0.4, 0.5) is 0 Å². The molecule has 0 N–H and O–H groups in total. The molecule has 0 aromatic carbocycles. The van der Waals surface area contributed by atoms with Crippen LogP contribution in [0, 0.1) is 11.3 Å². The number of cyclic esters (lactones) is 1. The molecule has 192 valence electrons. The van der Waals surface area contributed by atoms with Gasteiger partial charge in [0.25, 0.3) is 0 Å². The topological polar surface area (TPSA) is 65.1 Å². The number of fused-ring (bicyclic) bond motifs is 1. The van der Waals surface area contributed by atoms with Gasteiger partial charge in [-0.25, -0.2) is 0 Å². The largest absolute Gasteiger partial charge is 0.456 e. The van der Waals surface area contributed by atoms with E-state index in [0.717, 1.165) is 27.9 Å². The van der Waals surface area contributed by atoms with Crippen molar-refractivity contribution in [1.29, 1.82) is 0 Å². The summed E-state index contributed by atoms with van der Waals surface area (Å²) in [6, 6.07) is 0. The van der Waals surface area contributed by atoms with Crippen LogP contribution < -0.4 is 0 Å². The van der Waals surface area contributed by atoms with Crippen molar-refractivity contribution in [2.24, 2.45) is 11.3 Å². The fourth-order valence-corrected chi connectivity index (χ4v) is 5.68. The molecule has 3 aliphatic heterocycles. The van der Waals surface area contributed by atoms with Crippen molar-refractivity contribution in [3.63, 3.8) is 0 Å². The Morgan fingerprint density at radius 3 is 1.77 bits per heavy atom. The Kier molecular flexibility index (Phi) is 7.29. The molecule has 5 nitrogen and oxygen atoms in total. The maximum atomic E-state index is 12.6. The summed E-state index contributed by atoms with van der Waals surface area (Å²) in [5.41, 5.74) is 3.64. The van der Waals surface area contributed by atoms with Crippen LogP contribution in [-0.4, -0.2) is 41.3 Å². The second kappa shape index (κ2) is 9.33. The van der Waals surface area contributed by atoms with Crippen molar-refractivity contribution in [3.8, 4) is 0 Å². The molecule has 35 heavy (non-hydrogen) atoms. The zero-order chi connectivity index (χ0) is 26.5. The Morgan fingerprint density at radius 1 is 0.771 bits per heavy atom. The molecule has 6 atom stereocenters. The number of hydrogen-bond acceptors (Lipinski definition) is 5. The number of carbonyl (C=O) groups excluding carboxylic acids is 2. The first-order valence-corrected chi connectivity index (χ1v) is 12.5. The van der Waals surface area contributed by atoms with Gasteiger partial charge in [-0.1, -0.05) is 53.5 Å². The highest BCUT2D eigenvalue weighted by molar-refractivity contribution is 6.06. The van der Waals surface area contributed by atoms with Crippen molar-refractivity contribution < 1.29 is 23.8 Å². The van der Waals surface area contributed by atoms with E-state index in [2.05, 4.69) is 65.8 Å². The lowest BCUT2D eigenvalue weighted by Crippen LogP contribution is -2.50. The molecule has 0 spiro atoms. The summed E-state index contributed by atoms with van der Waals surface area (Å²) in [4.78, 5) is 25.0. The van der Waals surface area contributed by atoms with Crippen molar-refractivity contribution in [2.45, 2.75) is 106 Å². The van der Waals surface area contributed by atoms with E-state index in [1.54, 1.807) is 13.8 Å². The van der Waals surface area contributed by atoms with Gasteiger partial charge in [0, 0.05) is 0 Å². The first-order valence-electron chi connectivity index (χ1n) is 12.5. The number of hydrogen-bond donors (Lipinski definition) is 0. The molecule has 3 saturated heterocycles. The minimum absolute atomic E-state index is 0.0717. The van der Waals surface area contributed by atoms with Crippen molar-refractivity contribution in [2.75, 3.05) is 0 Å². The molecule has 0 amide bonds. The number of ether oxygens (including phenoxy) is 3. The standard InChI is InChI=1S/C30H42O5/c1-17(12-18(2)14-20(4)16-29(10)26-30(11,35-26)23(7)34-29)13-19(3)15-21(5)24-22(6)25(31)28(8,9)27(32)33-24/h12-16,22-24,26H,1-11H3/b17-12-,18-14?,19-13-,20-16?,21-15?/t22-,23-,24-,26+,29-,30-/m0/s1. The predicted octanol–water partition coefficient (Wildman–Crippen LogP) is 6.21. The maximum Gasteiger partial charge on any atom is 0.319 e. The van der Waals surface area contributed by atoms with E-state index < -0.39 is 23.1 Å². The van der Waals surface area contributed by atoms with Crippen LogP contribution in [0.15, 0.2) is 58.2 Å². The Morgan fingerprint density at radius 2 is 1.29 bits per heavy atom. The van der Waals surface area contributed by atoms with Gasteiger partial charge in [0.2, 0.25) is 0 Å². The number of carbonyl (C=O) groups is 2. The first kappa shape index (κ1) is 27.3. The molecule has 0 aliphatic carbocycles. The van der Waals surface area contributed by atoms with E-state index in [1.165, 1.54) is 0 Å². The maximum absolute atomic E-state index is 12.6. The number of ketones is 1. The van der Waals surface area contributed by atoms with Crippen molar-refractivity contribution >= 4 is 11.8 Å². The summed E-state index contributed by atoms with van der Waals surface area (Å²) in [7, 11) is 0. The van der Waals surface area contributed by atoms with E-state index in [9.17, 15) is 9.59 Å². The third kappa shape index (κ3) is 5.31. The third-order valence-corrected chi connectivity index (χ3v) is 7.61. The summed E-state index contributed by atoms with van der Waals surface area (Å²) < 4.78 is 17.8. The molecular formula is C30H42O5. The second-order valence-electron chi connectivity index (χ2n) is 11.7. The average molecular weight is 483 g/mol. The van der Waals surface area contributed by atoms with Gasteiger partial charge in [0.15, 0.2) is 5.78 Å². The van der Waals surface area contributed by atoms with Gasteiger partial charge in [0.05, 0.1) is 12.0 Å². The first-order chi connectivity index (χ1) is 16.0. The summed E-state index contributed by atoms with van der Waals surface area (Å²) in [6.45, 7) is 21.5. The predicted molar refractivity (Wildman–Crippen MR) is 139 cm³/mol. The molecule has 0 saturated carbocycles. The fourth-order valence-electron chi connectivity index (χ4n) is 5.68. The molecule has 3 rings (SSSR count). The van der Waals surface area contributed by atoms with Gasteiger partial charge in [-0.3, -0.25) is 9.59 Å². The van der Waals surface area contributed by atoms with Gasteiger partial charge in [0.1, 0.15) is 28.8 Å². The molecule has 0 aromatic heterocycles. The van der Waals surface area contributed by atoms with Crippen LogP contribution in [0.1, 0.15) is 76.2 Å². The highest BCUT2D eigenvalue weighted by atomic mass is 16.7. The second-order valence-corrected chi connectivity index (χ2v) is 11.7. The smallest absolute Gasteiger partial charge is 0.319 e. The Balaban J connectivity index is 1.70. The molecule has 0 unspecified atom stereocenters. The molecule has 3 aliphatic rings. The Bertz CT molecular complexity index is 1070. The molecule has 3 fully saturated rings. The van der Waals surface area contributed by atoms with Gasteiger partial charge in [-0.15, -0.1) is 0 Å². The summed E-state index contributed by atoms with van der Waals surface area (Å²) in [5.74, 6) is -0.891. The monoisotopic (exact) mass is 482 g/mol. The van der Waals surface area contributed by atoms with Crippen LogP contribution in [-0.2, 0) is 23.8 Å². The lowest BCUT2D eigenvalue weighted by atomic mass is 9.76. The van der Waals surface area contributed by atoms with Crippen LogP contribution >= 0.6 is 0 Å². The summed E-state index contributed by atoms with van der Waals surface area (Å²) >= 11 is 0. The number of rotatable bonds is 6. The minimum atomic E-state index is -1.08. The fraction of sp³-hybridized carbons (Fsp3) is 0.600. The van der Waals surface area contributed by atoms with Crippen LogP contribution in [0.5, 0.6) is 0 Å². The SMILES string of the molecule is CC(=C[C@]1(C)O[C@@H](C)[C@]2(C)O[C@@H]21)C=C(C)/C=C(C)\C=C(\C)C=C(C)[C@@H]1OC(=O)C(C)(C)C(=O)[C@H]1C. The number of esters is 1. The van der Waals surface area contributed by atoms with Gasteiger partial charge >= 0.3 is 5.97 Å². The molecule has 0 aromatic rings. The van der Waals surface area contributed by atoms with E-state index in [4.69, 9.17) is 14.2 Å².